The fourth-order valence-electron chi connectivity index (χ4n) is 2.18. The van der Waals surface area contributed by atoms with Gasteiger partial charge in [-0.1, -0.05) is 41.9 Å². The van der Waals surface area contributed by atoms with Crippen molar-refractivity contribution in [2.45, 2.75) is 11.4 Å². The zero-order valence-electron chi connectivity index (χ0n) is 13.2. The second-order valence-electron chi connectivity index (χ2n) is 5.34. The van der Waals surface area contributed by atoms with Crippen molar-refractivity contribution in [3.63, 3.8) is 0 Å². The number of hydrogen-bond donors (Lipinski definition) is 1. The Kier molecular flexibility index (Phi) is 5.38. The highest BCUT2D eigenvalue weighted by Gasteiger charge is 2.13. The van der Waals surface area contributed by atoms with Crippen molar-refractivity contribution in [2.24, 2.45) is 0 Å². The van der Waals surface area contributed by atoms with Crippen molar-refractivity contribution < 1.29 is 13.2 Å². The summed E-state index contributed by atoms with van der Waals surface area (Å²) in [6.07, 6.45) is 0. The predicted molar refractivity (Wildman–Crippen MR) is 98.4 cm³/mol. The number of nitrogens with one attached hydrogen (secondary N) is 1. The minimum atomic E-state index is -3.60. The molecule has 0 heterocycles. The molecule has 1 N–H and O–H groups in total. The molecule has 0 unspecified atom stereocenters. The van der Waals surface area contributed by atoms with E-state index in [-0.39, 0.29) is 11.4 Å². The van der Waals surface area contributed by atoms with Gasteiger partial charge in [-0.05, 0) is 54.1 Å². The Morgan fingerprint density at radius 1 is 0.800 bits per heavy atom. The summed E-state index contributed by atoms with van der Waals surface area (Å²) in [7, 11) is -3.60. The molecule has 0 bridgehead atoms. The summed E-state index contributed by atoms with van der Waals surface area (Å²) >= 11 is 5.82. The predicted octanol–water partition coefficient (Wildman–Crippen LogP) is 4.61. The molecule has 0 amide bonds. The summed E-state index contributed by atoms with van der Waals surface area (Å²) in [5.74, 6) is 1.27. The van der Waals surface area contributed by atoms with Crippen molar-refractivity contribution in [1.82, 2.24) is 4.72 Å². The average Bonchev–Trinajstić information content (AvgIpc) is 2.63. The van der Waals surface area contributed by atoms with Gasteiger partial charge >= 0.3 is 0 Å². The van der Waals surface area contributed by atoms with E-state index in [0.717, 1.165) is 5.56 Å². The summed E-state index contributed by atoms with van der Waals surface area (Å²) in [6, 6.07) is 22.6. The Morgan fingerprint density at radius 3 is 2.04 bits per heavy atom. The molecule has 0 spiro atoms. The van der Waals surface area contributed by atoms with Gasteiger partial charge < -0.3 is 4.74 Å². The minimum absolute atomic E-state index is 0.182. The highest BCUT2D eigenvalue weighted by molar-refractivity contribution is 7.89. The molecule has 3 aromatic rings. The second-order valence-corrected chi connectivity index (χ2v) is 7.54. The summed E-state index contributed by atoms with van der Waals surface area (Å²) in [5, 5.41) is 0.612. The summed E-state index contributed by atoms with van der Waals surface area (Å²) < 4.78 is 33.0. The molecule has 0 aliphatic rings. The molecule has 4 nitrogen and oxygen atoms in total. The van der Waals surface area contributed by atoms with Crippen LogP contribution in [0.1, 0.15) is 5.56 Å². The molecule has 0 saturated heterocycles. The van der Waals surface area contributed by atoms with E-state index >= 15 is 0 Å². The van der Waals surface area contributed by atoms with Crippen LogP contribution in [0.2, 0.25) is 5.02 Å². The normalized spacial score (nSPS) is 11.2. The molecule has 0 saturated carbocycles. The summed E-state index contributed by atoms with van der Waals surface area (Å²) in [5.41, 5.74) is 0.831. The molecule has 0 aliphatic carbocycles. The van der Waals surface area contributed by atoms with Gasteiger partial charge in [0.15, 0.2) is 0 Å². The van der Waals surface area contributed by atoms with Crippen LogP contribution < -0.4 is 9.46 Å². The van der Waals surface area contributed by atoms with Gasteiger partial charge in [-0.2, -0.15) is 0 Å². The molecular formula is C19H16ClNO3S. The summed E-state index contributed by atoms with van der Waals surface area (Å²) in [6.45, 7) is 0.196. The number of ether oxygens (including phenoxy) is 1. The lowest BCUT2D eigenvalue weighted by Gasteiger charge is -2.09. The number of hydrogen-bond acceptors (Lipinski definition) is 3. The van der Waals surface area contributed by atoms with Crippen LogP contribution in [0.15, 0.2) is 83.8 Å². The Bertz CT molecular complexity index is 925. The lowest BCUT2D eigenvalue weighted by Crippen LogP contribution is -2.23. The van der Waals surface area contributed by atoms with Crippen LogP contribution in [0, 0.1) is 0 Å². The third-order valence-corrected chi connectivity index (χ3v) is 5.16. The number of rotatable bonds is 6. The molecule has 0 atom stereocenters. The number of halogens is 1. The highest BCUT2D eigenvalue weighted by atomic mass is 35.5. The molecule has 0 fully saturated rings. The monoisotopic (exact) mass is 373 g/mol. The third-order valence-electron chi connectivity index (χ3n) is 3.49. The first-order chi connectivity index (χ1) is 12.0. The summed E-state index contributed by atoms with van der Waals surface area (Å²) in [4.78, 5) is 0.182. The van der Waals surface area contributed by atoms with Crippen LogP contribution in [-0.2, 0) is 16.6 Å². The number of sulfonamides is 1. The van der Waals surface area contributed by atoms with Gasteiger partial charge in [0.25, 0.3) is 0 Å². The van der Waals surface area contributed by atoms with Crippen molar-refractivity contribution in [3.8, 4) is 11.5 Å². The molecule has 3 aromatic carbocycles. The first kappa shape index (κ1) is 17.5. The zero-order valence-corrected chi connectivity index (χ0v) is 14.8. The Labute approximate surface area is 152 Å². The van der Waals surface area contributed by atoms with Crippen molar-refractivity contribution in [3.05, 3.63) is 89.4 Å². The van der Waals surface area contributed by atoms with E-state index in [1.165, 1.54) is 12.1 Å². The molecule has 3 rings (SSSR count). The van der Waals surface area contributed by atoms with Crippen LogP contribution in [0.3, 0.4) is 0 Å². The Hall–Kier alpha value is -2.34. The fraction of sp³-hybridized carbons (Fsp3) is 0.0526. The Morgan fingerprint density at radius 2 is 1.40 bits per heavy atom. The smallest absolute Gasteiger partial charge is 0.240 e. The van der Waals surface area contributed by atoms with Crippen LogP contribution >= 0.6 is 11.6 Å². The molecule has 0 aromatic heterocycles. The van der Waals surface area contributed by atoms with Gasteiger partial charge in [0, 0.05) is 11.6 Å². The highest BCUT2D eigenvalue weighted by Crippen LogP contribution is 2.22. The van der Waals surface area contributed by atoms with E-state index in [4.69, 9.17) is 16.3 Å². The van der Waals surface area contributed by atoms with Crippen LogP contribution in [-0.4, -0.2) is 8.42 Å². The Balaban J connectivity index is 1.66. The largest absolute Gasteiger partial charge is 0.457 e. The first-order valence-corrected chi connectivity index (χ1v) is 9.46. The SMILES string of the molecule is O=S(=O)(NCc1ccc(Cl)cc1)c1ccc(Oc2ccccc2)cc1. The molecule has 0 aliphatic heterocycles. The molecule has 6 heteroatoms. The van der Waals surface area contributed by atoms with Crippen molar-refractivity contribution in [1.29, 1.82) is 0 Å². The van der Waals surface area contributed by atoms with Gasteiger partial charge in [-0.15, -0.1) is 0 Å². The standard InChI is InChI=1S/C19H16ClNO3S/c20-16-8-6-15(7-9-16)14-21-25(22,23)19-12-10-18(11-13-19)24-17-4-2-1-3-5-17/h1-13,21H,14H2. The molecule has 0 radical (unpaired) electrons. The molecular weight excluding hydrogens is 358 g/mol. The zero-order chi connectivity index (χ0) is 17.7. The molecule has 128 valence electrons. The second kappa shape index (κ2) is 7.70. The lowest BCUT2D eigenvalue weighted by atomic mass is 10.2. The first-order valence-electron chi connectivity index (χ1n) is 7.60. The van der Waals surface area contributed by atoms with Gasteiger partial charge in [0.2, 0.25) is 10.0 Å². The lowest BCUT2D eigenvalue weighted by molar-refractivity contribution is 0.482. The van der Waals surface area contributed by atoms with Crippen molar-refractivity contribution in [2.75, 3.05) is 0 Å². The maximum Gasteiger partial charge on any atom is 0.240 e. The van der Waals surface area contributed by atoms with E-state index in [0.29, 0.717) is 16.5 Å². The number of para-hydroxylation sites is 1. The van der Waals surface area contributed by atoms with Gasteiger partial charge in [0.1, 0.15) is 11.5 Å². The van der Waals surface area contributed by atoms with Gasteiger partial charge in [-0.3, -0.25) is 0 Å². The van der Waals surface area contributed by atoms with Crippen LogP contribution in [0.5, 0.6) is 11.5 Å². The van der Waals surface area contributed by atoms with E-state index in [2.05, 4.69) is 4.72 Å². The van der Waals surface area contributed by atoms with Crippen LogP contribution in [0.4, 0.5) is 0 Å². The van der Waals surface area contributed by atoms with E-state index < -0.39 is 10.0 Å². The topological polar surface area (TPSA) is 55.4 Å². The quantitative estimate of drug-likeness (QED) is 0.686. The number of benzene rings is 3. The van der Waals surface area contributed by atoms with E-state index in [1.807, 2.05) is 30.3 Å². The average molecular weight is 374 g/mol. The third kappa shape index (κ3) is 4.82. The van der Waals surface area contributed by atoms with Gasteiger partial charge in [0.05, 0.1) is 4.90 Å². The fourth-order valence-corrected chi connectivity index (χ4v) is 3.32. The minimum Gasteiger partial charge on any atom is -0.457 e. The maximum atomic E-state index is 12.4. The maximum absolute atomic E-state index is 12.4. The van der Waals surface area contributed by atoms with Gasteiger partial charge in [-0.25, -0.2) is 13.1 Å². The van der Waals surface area contributed by atoms with Crippen LogP contribution in [0.25, 0.3) is 0 Å². The van der Waals surface area contributed by atoms with E-state index in [9.17, 15) is 8.42 Å². The van der Waals surface area contributed by atoms with E-state index in [1.54, 1.807) is 36.4 Å². The molecule has 25 heavy (non-hydrogen) atoms. The van der Waals surface area contributed by atoms with Crippen molar-refractivity contribution >= 4 is 21.6 Å².